The molecule has 6 unspecified atom stereocenters. The quantitative estimate of drug-likeness (QED) is 0.0407. The summed E-state index contributed by atoms with van der Waals surface area (Å²) in [4.78, 5) is 140. The van der Waals surface area contributed by atoms with Crippen molar-refractivity contribution in [1.82, 2.24) is 42.5 Å². The van der Waals surface area contributed by atoms with Gasteiger partial charge >= 0.3 is 17.9 Å². The molecule has 6 atom stereocenters. The van der Waals surface area contributed by atoms with Gasteiger partial charge in [0.05, 0.1) is 26.1 Å². The van der Waals surface area contributed by atoms with Crippen LogP contribution in [0, 0.1) is 11.8 Å². The molecule has 0 aromatic heterocycles. The van der Waals surface area contributed by atoms with Crippen molar-refractivity contribution in [2.75, 3.05) is 19.6 Å². The Morgan fingerprint density at radius 2 is 0.868 bits per heavy atom. The van der Waals surface area contributed by atoms with Crippen LogP contribution in [0.25, 0.3) is 0 Å². The third kappa shape index (κ3) is 22.2. The van der Waals surface area contributed by atoms with Crippen LogP contribution in [0.2, 0.25) is 0 Å². The largest absolute Gasteiger partial charge is 0.481 e. The molecule has 0 saturated carbocycles. The van der Waals surface area contributed by atoms with Crippen molar-refractivity contribution in [3.05, 3.63) is 71.8 Å². The number of amides is 8. The van der Waals surface area contributed by atoms with Crippen LogP contribution in [-0.4, -0.2) is 136 Å². The molecule has 0 radical (unpaired) electrons. The van der Waals surface area contributed by atoms with Crippen LogP contribution in [-0.2, 0) is 65.6 Å². The summed E-state index contributed by atoms with van der Waals surface area (Å²) in [7, 11) is 0. The van der Waals surface area contributed by atoms with Crippen molar-refractivity contribution in [2.45, 2.75) is 109 Å². The molecule has 23 heteroatoms. The summed E-state index contributed by atoms with van der Waals surface area (Å²) >= 11 is 0. The van der Waals surface area contributed by atoms with E-state index in [0.717, 1.165) is 0 Å². The van der Waals surface area contributed by atoms with Gasteiger partial charge in [-0.3, -0.25) is 47.9 Å². The molecule has 68 heavy (non-hydrogen) atoms. The average Bonchev–Trinajstić information content (AvgIpc) is 3.27. The molecule has 0 fully saturated rings. The molecule has 2 aromatic carbocycles. The van der Waals surface area contributed by atoms with E-state index < -0.39 is 134 Å². The van der Waals surface area contributed by atoms with E-state index in [0.29, 0.717) is 11.1 Å². The maximum Gasteiger partial charge on any atom is 0.326 e. The van der Waals surface area contributed by atoms with Gasteiger partial charge in [-0.1, -0.05) is 88.4 Å². The number of carboxylic acids is 3. The second kappa shape index (κ2) is 29.3. The fourth-order valence-electron chi connectivity index (χ4n) is 6.58. The minimum Gasteiger partial charge on any atom is -0.481 e. The second-order valence-electron chi connectivity index (χ2n) is 16.7. The summed E-state index contributed by atoms with van der Waals surface area (Å²) in [5, 5.41) is 47.5. The Hall–Kier alpha value is -7.43. The molecular formula is C45H63N9O14. The van der Waals surface area contributed by atoms with Gasteiger partial charge in [-0.25, -0.2) is 4.79 Å². The Morgan fingerprint density at radius 1 is 0.471 bits per heavy atom. The van der Waals surface area contributed by atoms with Crippen molar-refractivity contribution in [3.63, 3.8) is 0 Å². The zero-order valence-corrected chi connectivity index (χ0v) is 38.4. The van der Waals surface area contributed by atoms with Crippen LogP contribution < -0.4 is 48.3 Å². The van der Waals surface area contributed by atoms with Gasteiger partial charge in [0.15, 0.2) is 0 Å². The van der Waals surface area contributed by atoms with Gasteiger partial charge in [0.2, 0.25) is 47.3 Å². The summed E-state index contributed by atoms with van der Waals surface area (Å²) in [6.45, 7) is 5.02. The third-order valence-corrected chi connectivity index (χ3v) is 9.87. The van der Waals surface area contributed by atoms with E-state index in [-0.39, 0.29) is 43.9 Å². The molecule has 8 amide bonds. The maximum atomic E-state index is 13.8. The molecule has 0 aliphatic carbocycles. The Bertz CT molecular complexity index is 2070. The molecule has 372 valence electrons. The van der Waals surface area contributed by atoms with Gasteiger partial charge in [0.25, 0.3) is 0 Å². The fourth-order valence-corrected chi connectivity index (χ4v) is 6.58. The van der Waals surface area contributed by atoms with Gasteiger partial charge < -0.3 is 63.6 Å². The number of carbonyl (C=O) groups excluding carboxylic acids is 8. The van der Waals surface area contributed by atoms with Gasteiger partial charge in [-0.2, -0.15) is 0 Å². The van der Waals surface area contributed by atoms with Crippen LogP contribution in [0.5, 0.6) is 0 Å². The first-order valence-electron chi connectivity index (χ1n) is 21.9. The van der Waals surface area contributed by atoms with Crippen LogP contribution in [0.1, 0.15) is 70.9 Å². The predicted molar refractivity (Wildman–Crippen MR) is 243 cm³/mol. The molecule has 0 aliphatic rings. The van der Waals surface area contributed by atoms with Crippen LogP contribution in [0.4, 0.5) is 0 Å². The van der Waals surface area contributed by atoms with E-state index in [1.807, 2.05) is 0 Å². The topological polar surface area (TPSA) is 371 Å². The smallest absolute Gasteiger partial charge is 0.326 e. The number of aliphatic carboxylic acids is 3. The molecule has 0 heterocycles. The van der Waals surface area contributed by atoms with E-state index in [9.17, 15) is 63.0 Å². The summed E-state index contributed by atoms with van der Waals surface area (Å²) in [6.07, 6.45) is -1.85. The number of nitrogens with one attached hydrogen (secondary N) is 8. The lowest BCUT2D eigenvalue weighted by molar-refractivity contribution is -0.143. The number of hydrogen-bond donors (Lipinski definition) is 12. The first-order chi connectivity index (χ1) is 32.1. The molecule has 13 N–H and O–H groups in total. The molecule has 23 nitrogen and oxygen atoms in total. The lowest BCUT2D eigenvalue weighted by atomic mass is 10.0. The van der Waals surface area contributed by atoms with Crippen molar-refractivity contribution < 1.29 is 68.1 Å². The van der Waals surface area contributed by atoms with E-state index in [1.54, 1.807) is 88.4 Å². The SMILES string of the molecule is CC(C)CC(NC(=O)C(Cc1ccccc1)NC(=O)C(CC(=O)O)NC(=O)CNC(=O)C(CC(C)C)NC(=O)C(Cc1ccccc1)NC(=O)CNC(=O)C(CCC(=O)O)NC(=O)CN)C(=O)O. The normalized spacial score (nSPS) is 13.5. The molecule has 0 bridgehead atoms. The van der Waals surface area contributed by atoms with Crippen molar-refractivity contribution in [3.8, 4) is 0 Å². The number of carboxylic acid groups (broad SMARTS) is 3. The monoisotopic (exact) mass is 953 g/mol. The van der Waals surface area contributed by atoms with Crippen LogP contribution in [0.15, 0.2) is 60.7 Å². The number of rotatable bonds is 30. The average molecular weight is 954 g/mol. The van der Waals surface area contributed by atoms with Crippen molar-refractivity contribution in [2.24, 2.45) is 17.6 Å². The molecular weight excluding hydrogens is 891 g/mol. The predicted octanol–water partition coefficient (Wildman–Crippen LogP) is -1.91. The highest BCUT2D eigenvalue weighted by Crippen LogP contribution is 2.11. The van der Waals surface area contributed by atoms with Gasteiger partial charge in [-0.15, -0.1) is 0 Å². The summed E-state index contributed by atoms with van der Waals surface area (Å²) < 4.78 is 0. The molecule has 0 saturated heterocycles. The number of hydrogen-bond acceptors (Lipinski definition) is 12. The minimum atomic E-state index is -1.77. The first kappa shape index (κ1) is 56.7. The number of nitrogens with two attached hydrogens (primary N) is 1. The van der Waals surface area contributed by atoms with E-state index in [1.165, 1.54) is 0 Å². The lowest BCUT2D eigenvalue weighted by Gasteiger charge is -2.25. The summed E-state index contributed by atoms with van der Waals surface area (Å²) in [6, 6.07) is 8.40. The minimum absolute atomic E-state index is 0.0301. The fraction of sp³-hybridized carbons (Fsp3) is 0.489. The Balaban J connectivity index is 2.22. The molecule has 2 rings (SSSR count). The van der Waals surface area contributed by atoms with Crippen molar-refractivity contribution in [1.29, 1.82) is 0 Å². The van der Waals surface area contributed by atoms with E-state index in [2.05, 4.69) is 42.5 Å². The lowest BCUT2D eigenvalue weighted by Crippen LogP contribution is -2.58. The molecule has 0 aliphatic heterocycles. The maximum absolute atomic E-state index is 13.8. The highest BCUT2D eigenvalue weighted by atomic mass is 16.4. The van der Waals surface area contributed by atoms with Crippen LogP contribution >= 0.6 is 0 Å². The van der Waals surface area contributed by atoms with Crippen LogP contribution in [0.3, 0.4) is 0 Å². The number of carbonyl (C=O) groups is 11. The highest BCUT2D eigenvalue weighted by molar-refractivity contribution is 5.97. The molecule has 0 spiro atoms. The number of benzene rings is 2. The Morgan fingerprint density at radius 3 is 1.31 bits per heavy atom. The second-order valence-corrected chi connectivity index (χ2v) is 16.7. The van der Waals surface area contributed by atoms with Crippen molar-refractivity contribution >= 4 is 65.2 Å². The van der Waals surface area contributed by atoms with E-state index in [4.69, 9.17) is 10.8 Å². The van der Waals surface area contributed by atoms with Gasteiger partial charge in [0, 0.05) is 19.3 Å². The van der Waals surface area contributed by atoms with E-state index >= 15 is 0 Å². The van der Waals surface area contributed by atoms with Gasteiger partial charge in [-0.05, 0) is 42.2 Å². The highest BCUT2D eigenvalue weighted by Gasteiger charge is 2.33. The standard InChI is InChI=1S/C45H63N9O14/c1-25(2)17-30(52-42(64)31(19-27-11-7-5-8-12-27)50-36(56)23-47-40(62)29(15-16-38(58)59)49-35(55)22-46)41(63)48-24-37(57)51-33(21-39(60)61)44(66)53-32(20-28-13-9-6-10-14-28)43(65)54-34(45(67)68)18-26(3)4/h5-14,25-26,29-34H,15-24,46H2,1-4H3,(H,47,62)(H,48,63)(H,49,55)(H,50,56)(H,51,57)(H,52,64)(H,53,66)(H,54,65)(H,58,59)(H,60,61)(H,67,68). The Labute approximate surface area is 392 Å². The third-order valence-electron chi connectivity index (χ3n) is 9.87. The zero-order chi connectivity index (χ0) is 50.9. The first-order valence-corrected chi connectivity index (χ1v) is 21.9. The Kier molecular flexibility index (Phi) is 24.4. The summed E-state index contributed by atoms with van der Waals surface area (Å²) in [5.74, 6) is -11.5. The van der Waals surface area contributed by atoms with Gasteiger partial charge in [0.1, 0.15) is 36.3 Å². The molecule has 2 aromatic rings. The zero-order valence-electron chi connectivity index (χ0n) is 38.4. The summed E-state index contributed by atoms with van der Waals surface area (Å²) in [5.41, 5.74) is 6.47.